The Hall–Kier alpha value is -2.50. The third-order valence-electron chi connectivity index (χ3n) is 5.76. The molecule has 0 aliphatic carbocycles. The number of benzene rings is 2. The fourth-order valence-corrected chi connectivity index (χ4v) is 7.11. The highest BCUT2D eigenvalue weighted by Gasteiger charge is 2.24. The summed E-state index contributed by atoms with van der Waals surface area (Å²) < 4.78 is 49.1. The van der Waals surface area contributed by atoms with E-state index >= 15 is 0 Å². The van der Waals surface area contributed by atoms with E-state index < -0.39 is 19.7 Å². The second-order valence-corrected chi connectivity index (χ2v) is 13.7. The molecular weight excluding hydrogens is 494 g/mol. The molecule has 0 N–H and O–H groups in total. The highest BCUT2D eigenvalue weighted by Crippen LogP contribution is 2.31. The van der Waals surface area contributed by atoms with Crippen LogP contribution in [0.5, 0.6) is 0 Å². The van der Waals surface area contributed by atoms with E-state index in [2.05, 4.69) is 9.88 Å². The van der Waals surface area contributed by atoms with E-state index in [1.807, 2.05) is 18.2 Å². The predicted octanol–water partition coefficient (Wildman–Crippen LogP) is 2.74. The summed E-state index contributed by atoms with van der Waals surface area (Å²) in [4.78, 5) is 21.4. The van der Waals surface area contributed by atoms with Gasteiger partial charge in [0.25, 0.3) is 0 Å². The molecule has 2 aromatic carbocycles. The smallest absolute Gasteiger partial charge is 0.222 e. The molecule has 2 heterocycles. The molecule has 1 amide bonds. The molecule has 0 atom stereocenters. The van der Waals surface area contributed by atoms with Crippen LogP contribution in [0.4, 0.5) is 5.13 Å². The van der Waals surface area contributed by atoms with Crippen LogP contribution in [0.3, 0.4) is 0 Å². The summed E-state index contributed by atoms with van der Waals surface area (Å²) in [5, 5.41) is 0.805. The molecule has 0 spiro atoms. The number of aromatic nitrogens is 1. The molecule has 1 aliphatic heterocycles. The lowest BCUT2D eigenvalue weighted by Gasteiger charge is -2.34. The Morgan fingerprint density at radius 2 is 1.71 bits per heavy atom. The maximum atomic E-state index is 12.6. The molecule has 8 nitrogen and oxygen atoms in total. The minimum atomic E-state index is -3.28. The number of nitrogens with zero attached hydrogens (tertiary/aromatic N) is 3. The Bertz CT molecular complexity index is 1380. The molecule has 1 fully saturated rings. The van der Waals surface area contributed by atoms with Crippen molar-refractivity contribution in [1.29, 1.82) is 0 Å². The van der Waals surface area contributed by atoms with Crippen LogP contribution >= 0.6 is 11.3 Å². The molecule has 0 radical (unpaired) electrons. The number of carbonyl (C=O) groups is 1. The number of amides is 1. The van der Waals surface area contributed by atoms with Crippen molar-refractivity contribution in [2.45, 2.75) is 23.5 Å². The van der Waals surface area contributed by atoms with E-state index in [1.165, 1.54) is 17.6 Å². The molecular formula is C23H27N3O5S3. The zero-order chi connectivity index (χ0) is 24.3. The van der Waals surface area contributed by atoms with Gasteiger partial charge in [-0.1, -0.05) is 41.7 Å². The van der Waals surface area contributed by atoms with Crippen LogP contribution in [0.25, 0.3) is 10.2 Å². The number of hydrogen-bond donors (Lipinski definition) is 0. The topological polar surface area (TPSA) is 105 Å². The molecule has 182 valence electrons. The number of carbonyl (C=O) groups excluding carboxylic acids is 1. The van der Waals surface area contributed by atoms with Crippen molar-refractivity contribution in [2.75, 3.05) is 43.1 Å². The SMILES string of the molecule is CS(=O)(=O)c1ccc2nc(N3CCN(C(=O)CCCS(=O)(=O)Cc4ccccc4)CC3)sc2c1. The van der Waals surface area contributed by atoms with Crippen LogP contribution in [-0.4, -0.2) is 70.8 Å². The van der Waals surface area contributed by atoms with Crippen LogP contribution in [0.1, 0.15) is 18.4 Å². The molecule has 3 aromatic rings. The number of piperazine rings is 1. The minimum absolute atomic E-state index is 0.00519. The molecule has 0 saturated carbocycles. The molecule has 1 aromatic heterocycles. The van der Waals surface area contributed by atoms with Gasteiger partial charge >= 0.3 is 0 Å². The molecule has 0 bridgehead atoms. The van der Waals surface area contributed by atoms with E-state index in [0.717, 1.165) is 20.9 Å². The van der Waals surface area contributed by atoms with Crippen molar-refractivity contribution >= 4 is 52.3 Å². The lowest BCUT2D eigenvalue weighted by molar-refractivity contribution is -0.131. The lowest BCUT2D eigenvalue weighted by atomic mass is 10.2. The average molecular weight is 522 g/mol. The fraction of sp³-hybridized carbons (Fsp3) is 0.391. The van der Waals surface area contributed by atoms with Crippen LogP contribution in [0, 0.1) is 0 Å². The Morgan fingerprint density at radius 1 is 1.00 bits per heavy atom. The first-order chi connectivity index (χ1) is 16.1. The number of fused-ring (bicyclic) bond motifs is 1. The fourth-order valence-electron chi connectivity index (χ4n) is 3.91. The van der Waals surface area contributed by atoms with Crippen LogP contribution in [0.15, 0.2) is 53.4 Å². The van der Waals surface area contributed by atoms with Gasteiger partial charge in [-0.3, -0.25) is 4.79 Å². The number of rotatable bonds is 8. The molecule has 4 rings (SSSR count). The number of hydrogen-bond acceptors (Lipinski definition) is 8. The Balaban J connectivity index is 1.27. The van der Waals surface area contributed by atoms with Crippen molar-refractivity contribution in [3.05, 3.63) is 54.1 Å². The second kappa shape index (κ2) is 10.0. The minimum Gasteiger partial charge on any atom is -0.345 e. The summed E-state index contributed by atoms with van der Waals surface area (Å²) in [7, 11) is -6.53. The zero-order valence-electron chi connectivity index (χ0n) is 18.9. The van der Waals surface area contributed by atoms with E-state index in [1.54, 1.807) is 35.2 Å². The van der Waals surface area contributed by atoms with Crippen LogP contribution < -0.4 is 4.90 Å². The molecule has 1 aliphatic rings. The molecule has 11 heteroatoms. The van der Waals surface area contributed by atoms with Crippen molar-refractivity contribution in [1.82, 2.24) is 9.88 Å². The third kappa shape index (κ3) is 6.13. The molecule has 1 saturated heterocycles. The summed E-state index contributed by atoms with van der Waals surface area (Å²) in [5.41, 5.74) is 1.51. The van der Waals surface area contributed by atoms with Crippen molar-refractivity contribution in [2.24, 2.45) is 0 Å². The van der Waals surface area contributed by atoms with Gasteiger partial charge in [0.1, 0.15) is 0 Å². The zero-order valence-corrected chi connectivity index (χ0v) is 21.3. The monoisotopic (exact) mass is 521 g/mol. The lowest BCUT2D eigenvalue weighted by Crippen LogP contribution is -2.48. The van der Waals surface area contributed by atoms with Gasteiger partial charge in [0.15, 0.2) is 24.8 Å². The summed E-state index contributed by atoms with van der Waals surface area (Å²) in [5.74, 6) is -0.0415. The van der Waals surface area contributed by atoms with E-state index in [0.29, 0.717) is 32.6 Å². The number of thiazole rings is 1. The molecule has 0 unspecified atom stereocenters. The first-order valence-electron chi connectivity index (χ1n) is 11.0. The van der Waals surface area contributed by atoms with Gasteiger partial charge in [0.2, 0.25) is 5.91 Å². The molecule has 34 heavy (non-hydrogen) atoms. The quantitative estimate of drug-likeness (QED) is 0.449. The summed E-state index contributed by atoms with van der Waals surface area (Å²) in [6.07, 6.45) is 1.71. The van der Waals surface area contributed by atoms with Gasteiger partial charge < -0.3 is 9.80 Å². The summed E-state index contributed by atoms with van der Waals surface area (Å²) in [6.45, 7) is 2.33. The standard InChI is InChI=1S/C23H27N3O5S3/c1-33(28,29)19-9-10-20-21(16-19)32-23(24-20)26-13-11-25(12-14-26)22(27)8-5-15-34(30,31)17-18-6-3-2-4-7-18/h2-4,6-7,9-10,16H,5,8,11-15,17H2,1H3. The van der Waals surface area contributed by atoms with Gasteiger partial charge in [0.05, 0.1) is 26.6 Å². The average Bonchev–Trinajstić information content (AvgIpc) is 3.22. The summed E-state index contributed by atoms with van der Waals surface area (Å²) in [6, 6.07) is 14.0. The van der Waals surface area contributed by atoms with E-state index in [-0.39, 0.29) is 28.7 Å². The van der Waals surface area contributed by atoms with Gasteiger partial charge in [-0.15, -0.1) is 0 Å². The third-order valence-corrected chi connectivity index (χ3v) is 9.63. The number of sulfone groups is 2. The van der Waals surface area contributed by atoms with Crippen LogP contribution in [-0.2, 0) is 30.2 Å². The normalized spacial score (nSPS) is 15.1. The van der Waals surface area contributed by atoms with Crippen molar-refractivity contribution in [3.8, 4) is 0 Å². The Labute approximate surface area is 204 Å². The van der Waals surface area contributed by atoms with E-state index in [4.69, 9.17) is 0 Å². The van der Waals surface area contributed by atoms with E-state index in [9.17, 15) is 21.6 Å². The number of anilines is 1. The van der Waals surface area contributed by atoms with Gasteiger partial charge in [0, 0.05) is 38.9 Å². The second-order valence-electron chi connectivity index (χ2n) is 8.45. The highest BCUT2D eigenvalue weighted by atomic mass is 32.2. The summed E-state index contributed by atoms with van der Waals surface area (Å²) >= 11 is 1.44. The Kier molecular flexibility index (Phi) is 7.25. The Morgan fingerprint density at radius 3 is 2.38 bits per heavy atom. The van der Waals surface area contributed by atoms with Gasteiger partial charge in [-0.2, -0.15) is 0 Å². The maximum Gasteiger partial charge on any atom is 0.222 e. The van der Waals surface area contributed by atoms with Crippen molar-refractivity contribution in [3.63, 3.8) is 0 Å². The highest BCUT2D eigenvalue weighted by molar-refractivity contribution is 7.91. The first kappa shape index (κ1) is 24.6. The van der Waals surface area contributed by atoms with Gasteiger partial charge in [-0.05, 0) is 30.2 Å². The maximum absolute atomic E-state index is 12.6. The van der Waals surface area contributed by atoms with Gasteiger partial charge in [-0.25, -0.2) is 21.8 Å². The first-order valence-corrected chi connectivity index (χ1v) is 15.5. The van der Waals surface area contributed by atoms with Crippen molar-refractivity contribution < 1.29 is 21.6 Å². The van der Waals surface area contributed by atoms with Crippen LogP contribution in [0.2, 0.25) is 0 Å². The largest absolute Gasteiger partial charge is 0.345 e. The predicted molar refractivity (Wildman–Crippen MR) is 135 cm³/mol.